The smallest absolute Gasteiger partial charge is 0.339 e. The zero-order chi connectivity index (χ0) is 19.6. The van der Waals surface area contributed by atoms with Crippen molar-refractivity contribution in [2.75, 3.05) is 39.8 Å². The van der Waals surface area contributed by atoms with E-state index in [0.29, 0.717) is 36.7 Å². The lowest BCUT2D eigenvalue weighted by molar-refractivity contribution is -0.122. The number of rotatable bonds is 6. The average molecular weight is 460 g/mol. The van der Waals surface area contributed by atoms with Crippen molar-refractivity contribution in [2.45, 2.75) is 23.8 Å². The average Bonchev–Trinajstić information content (AvgIpc) is 3.45. The molecular weight excluding hydrogens is 438 g/mol. The van der Waals surface area contributed by atoms with Gasteiger partial charge in [-0.05, 0) is 47.0 Å². The van der Waals surface area contributed by atoms with E-state index in [1.165, 1.54) is 29.6 Å². The largest absolute Gasteiger partial charge is 0.465 e. The van der Waals surface area contributed by atoms with E-state index in [-0.39, 0.29) is 22.9 Å². The fourth-order valence-corrected chi connectivity index (χ4v) is 4.77. The molecule has 0 unspecified atom stereocenters. The number of halogens is 1. The third kappa shape index (κ3) is 4.87. The summed E-state index contributed by atoms with van der Waals surface area (Å²) < 4.78 is 32.4. The highest BCUT2D eigenvalue weighted by Crippen LogP contribution is 2.25. The molecule has 1 aromatic rings. The number of carbonyl (C=O) groups excluding carboxylic acids is 2. The number of sulfonamides is 1. The van der Waals surface area contributed by atoms with E-state index in [0.717, 1.165) is 12.8 Å². The molecule has 10 heteroatoms. The molecule has 8 nitrogen and oxygen atoms in total. The summed E-state index contributed by atoms with van der Waals surface area (Å²) in [4.78, 5) is 25.7. The number of ether oxygens (including phenoxy) is 1. The van der Waals surface area contributed by atoms with Gasteiger partial charge >= 0.3 is 5.97 Å². The van der Waals surface area contributed by atoms with E-state index in [4.69, 9.17) is 4.74 Å². The molecule has 2 fully saturated rings. The summed E-state index contributed by atoms with van der Waals surface area (Å²) in [5.74, 6) is -0.616. The van der Waals surface area contributed by atoms with Crippen LogP contribution in [0.5, 0.6) is 0 Å². The highest BCUT2D eigenvalue weighted by molar-refractivity contribution is 9.10. The minimum Gasteiger partial charge on any atom is -0.465 e. The number of hydrogen-bond donors (Lipinski definition) is 1. The summed E-state index contributed by atoms with van der Waals surface area (Å²) in [7, 11) is -2.48. The molecule has 1 aliphatic heterocycles. The summed E-state index contributed by atoms with van der Waals surface area (Å²) in [6.45, 7) is 1.84. The highest BCUT2D eigenvalue weighted by Gasteiger charge is 2.31. The van der Waals surface area contributed by atoms with Gasteiger partial charge in [-0.25, -0.2) is 13.2 Å². The number of nitrogens with one attached hydrogen (secondary N) is 1. The van der Waals surface area contributed by atoms with Crippen molar-refractivity contribution in [1.29, 1.82) is 0 Å². The minimum absolute atomic E-state index is 0.00978. The van der Waals surface area contributed by atoms with E-state index in [2.05, 4.69) is 21.2 Å². The third-order valence-corrected chi connectivity index (χ3v) is 7.21. The van der Waals surface area contributed by atoms with Gasteiger partial charge in [0.2, 0.25) is 15.9 Å². The minimum atomic E-state index is -3.73. The topological polar surface area (TPSA) is 96.0 Å². The Labute approximate surface area is 167 Å². The normalized spacial score (nSPS) is 18.9. The van der Waals surface area contributed by atoms with Crippen molar-refractivity contribution in [2.24, 2.45) is 0 Å². The SMILES string of the molecule is COC(=O)c1cc(S(=O)(=O)N2CCN(CC(=O)NC3CC3)CC2)ccc1Br. The number of methoxy groups -OCH3 is 1. The van der Waals surface area contributed by atoms with Gasteiger partial charge in [-0.1, -0.05) is 0 Å². The number of amides is 1. The molecule has 3 rings (SSSR count). The van der Waals surface area contributed by atoms with Crippen LogP contribution in [0.25, 0.3) is 0 Å². The summed E-state index contributed by atoms with van der Waals surface area (Å²) in [5, 5.41) is 2.94. The fourth-order valence-electron chi connectivity index (χ4n) is 2.91. The molecule has 0 bridgehead atoms. The zero-order valence-electron chi connectivity index (χ0n) is 15.0. The van der Waals surface area contributed by atoms with Crippen molar-refractivity contribution < 1.29 is 22.7 Å². The van der Waals surface area contributed by atoms with Crippen LogP contribution in [0.2, 0.25) is 0 Å². The fraction of sp³-hybridized carbons (Fsp3) is 0.529. The second-order valence-electron chi connectivity index (χ2n) is 6.66. The van der Waals surface area contributed by atoms with Gasteiger partial charge in [0.1, 0.15) is 0 Å². The lowest BCUT2D eigenvalue weighted by Crippen LogP contribution is -2.51. The predicted octanol–water partition coefficient (Wildman–Crippen LogP) is 0.821. The first-order valence-corrected chi connectivity index (χ1v) is 10.9. The molecule has 148 valence electrons. The first-order chi connectivity index (χ1) is 12.8. The van der Waals surface area contributed by atoms with Crippen LogP contribution in [0, 0.1) is 0 Å². The van der Waals surface area contributed by atoms with Crippen LogP contribution in [0.1, 0.15) is 23.2 Å². The number of nitrogens with zero attached hydrogens (tertiary/aromatic N) is 2. The van der Waals surface area contributed by atoms with Crippen LogP contribution in [0.15, 0.2) is 27.6 Å². The molecule has 1 aromatic carbocycles. The molecule has 2 aliphatic rings. The van der Waals surface area contributed by atoms with Gasteiger partial charge < -0.3 is 10.1 Å². The van der Waals surface area contributed by atoms with Gasteiger partial charge in [0.15, 0.2) is 0 Å². The number of benzene rings is 1. The van der Waals surface area contributed by atoms with Crippen LogP contribution in [-0.4, -0.2) is 75.4 Å². The molecule has 0 aromatic heterocycles. The Balaban J connectivity index is 1.64. The first kappa shape index (κ1) is 20.2. The molecule has 1 saturated heterocycles. The standard InChI is InChI=1S/C17H22BrN3O5S/c1-26-17(23)14-10-13(4-5-15(14)18)27(24,25)21-8-6-20(7-9-21)11-16(22)19-12-2-3-12/h4-5,10,12H,2-3,6-9,11H2,1H3,(H,19,22). The van der Waals surface area contributed by atoms with Crippen LogP contribution < -0.4 is 5.32 Å². The maximum absolute atomic E-state index is 12.9. The maximum atomic E-state index is 12.9. The highest BCUT2D eigenvalue weighted by atomic mass is 79.9. The van der Waals surface area contributed by atoms with E-state index in [1.54, 1.807) is 0 Å². The summed E-state index contributed by atoms with van der Waals surface area (Å²) >= 11 is 3.23. The molecule has 27 heavy (non-hydrogen) atoms. The Morgan fingerprint density at radius 2 is 1.89 bits per heavy atom. The molecule has 0 radical (unpaired) electrons. The second-order valence-corrected chi connectivity index (χ2v) is 9.45. The molecule has 0 atom stereocenters. The maximum Gasteiger partial charge on any atom is 0.339 e. The van der Waals surface area contributed by atoms with Gasteiger partial charge in [0.05, 0.1) is 24.1 Å². The second kappa shape index (κ2) is 8.26. The number of carbonyl (C=O) groups is 2. The van der Waals surface area contributed by atoms with Crippen LogP contribution in [0.3, 0.4) is 0 Å². The molecule has 1 N–H and O–H groups in total. The number of piperazine rings is 1. The van der Waals surface area contributed by atoms with E-state index in [1.807, 2.05) is 4.90 Å². The lowest BCUT2D eigenvalue weighted by atomic mass is 10.2. The number of hydrogen-bond acceptors (Lipinski definition) is 6. The van der Waals surface area contributed by atoms with Gasteiger partial charge in [-0.3, -0.25) is 9.69 Å². The Bertz CT molecular complexity index is 833. The van der Waals surface area contributed by atoms with Crippen LogP contribution in [0.4, 0.5) is 0 Å². The van der Waals surface area contributed by atoms with Gasteiger partial charge in [0, 0.05) is 36.7 Å². The van der Waals surface area contributed by atoms with Crippen molar-refractivity contribution >= 4 is 37.8 Å². The predicted molar refractivity (Wildman–Crippen MR) is 102 cm³/mol. The van der Waals surface area contributed by atoms with E-state index < -0.39 is 16.0 Å². The van der Waals surface area contributed by atoms with Crippen LogP contribution >= 0.6 is 15.9 Å². The first-order valence-electron chi connectivity index (χ1n) is 8.71. The van der Waals surface area contributed by atoms with Gasteiger partial charge in [-0.15, -0.1) is 0 Å². The molecule has 1 heterocycles. The van der Waals surface area contributed by atoms with Crippen molar-refractivity contribution in [3.63, 3.8) is 0 Å². The Kier molecular flexibility index (Phi) is 6.19. The zero-order valence-corrected chi connectivity index (χ0v) is 17.4. The van der Waals surface area contributed by atoms with Crippen LogP contribution in [-0.2, 0) is 19.6 Å². The van der Waals surface area contributed by atoms with E-state index in [9.17, 15) is 18.0 Å². The van der Waals surface area contributed by atoms with Crippen molar-refractivity contribution in [3.8, 4) is 0 Å². The molecule has 1 aliphatic carbocycles. The Morgan fingerprint density at radius 3 is 2.48 bits per heavy atom. The summed E-state index contributed by atoms with van der Waals surface area (Å²) in [5.41, 5.74) is 0.161. The number of esters is 1. The lowest BCUT2D eigenvalue weighted by Gasteiger charge is -2.33. The van der Waals surface area contributed by atoms with E-state index >= 15 is 0 Å². The monoisotopic (exact) mass is 459 g/mol. The summed E-state index contributed by atoms with van der Waals surface area (Å²) in [6.07, 6.45) is 2.08. The Hall–Kier alpha value is -1.49. The van der Waals surface area contributed by atoms with Crippen molar-refractivity contribution in [1.82, 2.24) is 14.5 Å². The summed E-state index contributed by atoms with van der Waals surface area (Å²) in [6, 6.07) is 4.63. The molecular formula is C17H22BrN3O5S. The molecule has 1 amide bonds. The van der Waals surface area contributed by atoms with Gasteiger partial charge in [-0.2, -0.15) is 4.31 Å². The van der Waals surface area contributed by atoms with Crippen molar-refractivity contribution in [3.05, 3.63) is 28.2 Å². The molecule has 0 spiro atoms. The molecule has 1 saturated carbocycles. The van der Waals surface area contributed by atoms with Gasteiger partial charge in [0.25, 0.3) is 0 Å². The quantitative estimate of drug-likeness (QED) is 0.632. The Morgan fingerprint density at radius 1 is 1.22 bits per heavy atom. The third-order valence-electron chi connectivity index (χ3n) is 4.62.